The van der Waals surface area contributed by atoms with Gasteiger partial charge in [-0.25, -0.2) is 8.42 Å². The molecule has 2 aliphatic rings. The average molecular weight is 431 g/mol. The molecule has 2 saturated heterocycles. The Morgan fingerprint density at radius 2 is 1.90 bits per heavy atom. The van der Waals surface area contributed by atoms with Crippen LogP contribution in [0.25, 0.3) is 0 Å². The van der Waals surface area contributed by atoms with Crippen molar-refractivity contribution in [1.29, 1.82) is 0 Å². The minimum atomic E-state index is -3.09. The van der Waals surface area contributed by atoms with Gasteiger partial charge in [0.2, 0.25) is 0 Å². The van der Waals surface area contributed by atoms with Crippen molar-refractivity contribution in [2.75, 3.05) is 23.0 Å². The van der Waals surface area contributed by atoms with Crippen molar-refractivity contribution in [3.8, 4) is 5.75 Å². The molecular formula is C21H22N2O4S2. The number of amidine groups is 1. The molecule has 0 bridgehead atoms. The van der Waals surface area contributed by atoms with Crippen molar-refractivity contribution in [3.63, 3.8) is 0 Å². The number of thioether (sulfide) groups is 1. The van der Waals surface area contributed by atoms with Gasteiger partial charge in [0.25, 0.3) is 5.91 Å². The first kappa shape index (κ1) is 20.0. The summed E-state index contributed by atoms with van der Waals surface area (Å²) < 4.78 is 29.9. The molecule has 6 nitrogen and oxygen atoms in total. The van der Waals surface area contributed by atoms with Crippen LogP contribution in [0.2, 0.25) is 0 Å². The quantitative estimate of drug-likeness (QED) is 0.742. The summed E-state index contributed by atoms with van der Waals surface area (Å²) in [6.45, 7) is 3.85. The molecule has 0 N–H and O–H groups in total. The highest BCUT2D eigenvalue weighted by Gasteiger charge is 2.49. The van der Waals surface area contributed by atoms with Crippen molar-refractivity contribution in [2.45, 2.75) is 25.1 Å². The summed E-state index contributed by atoms with van der Waals surface area (Å²) in [5.41, 5.74) is 3.06. The molecule has 1 amide bonds. The molecule has 2 heterocycles. The third kappa shape index (κ3) is 4.18. The Hall–Kier alpha value is -2.32. The van der Waals surface area contributed by atoms with E-state index in [4.69, 9.17) is 4.74 Å². The van der Waals surface area contributed by atoms with Gasteiger partial charge in [-0.2, -0.15) is 4.99 Å². The standard InChI is InChI=1S/C21H22N2O4S2/c1-14-7-6-10-17(15(14)2)23-18-12-29(25,26)13-19(18)28-21(23)22-20(24)11-27-16-8-4-3-5-9-16/h3-10,18-19H,11-13H2,1-2H3/t18-,19-/m0/s1. The molecule has 2 aromatic carbocycles. The number of hydrogen-bond acceptors (Lipinski definition) is 5. The lowest BCUT2D eigenvalue weighted by Crippen LogP contribution is -2.38. The Kier molecular flexibility index (Phi) is 5.40. The zero-order valence-corrected chi connectivity index (χ0v) is 17.9. The molecule has 0 saturated carbocycles. The van der Waals surface area contributed by atoms with Gasteiger partial charge in [0.15, 0.2) is 21.6 Å². The number of para-hydroxylation sites is 1. The van der Waals surface area contributed by atoms with Crippen LogP contribution in [-0.2, 0) is 14.6 Å². The first-order valence-corrected chi connectivity index (χ1v) is 12.1. The predicted octanol–water partition coefficient (Wildman–Crippen LogP) is 2.98. The van der Waals surface area contributed by atoms with E-state index in [1.165, 1.54) is 11.8 Å². The first-order chi connectivity index (χ1) is 13.8. The number of anilines is 1. The van der Waals surface area contributed by atoms with E-state index < -0.39 is 15.7 Å². The van der Waals surface area contributed by atoms with Crippen LogP contribution in [0, 0.1) is 13.8 Å². The lowest BCUT2D eigenvalue weighted by molar-refractivity contribution is -0.119. The average Bonchev–Trinajstić information content (AvgIpc) is 3.14. The van der Waals surface area contributed by atoms with Gasteiger partial charge in [-0.05, 0) is 43.2 Å². The van der Waals surface area contributed by atoms with Crippen molar-refractivity contribution >= 4 is 38.4 Å². The van der Waals surface area contributed by atoms with Crippen molar-refractivity contribution in [2.24, 2.45) is 4.99 Å². The van der Waals surface area contributed by atoms with Crippen LogP contribution in [-0.4, -0.2) is 48.9 Å². The third-order valence-electron chi connectivity index (χ3n) is 5.23. The first-order valence-electron chi connectivity index (χ1n) is 9.36. The molecule has 2 atom stereocenters. The van der Waals surface area contributed by atoms with Crippen LogP contribution in [0.3, 0.4) is 0 Å². The highest BCUT2D eigenvalue weighted by Crippen LogP contribution is 2.42. The number of aryl methyl sites for hydroxylation is 1. The van der Waals surface area contributed by atoms with Gasteiger partial charge >= 0.3 is 0 Å². The largest absolute Gasteiger partial charge is 0.484 e. The second-order valence-corrected chi connectivity index (χ2v) is 10.6. The van der Waals surface area contributed by atoms with Crippen LogP contribution in [0.5, 0.6) is 5.75 Å². The van der Waals surface area contributed by atoms with E-state index in [0.29, 0.717) is 10.9 Å². The van der Waals surface area contributed by atoms with Gasteiger partial charge in [-0.3, -0.25) is 4.79 Å². The fraction of sp³-hybridized carbons (Fsp3) is 0.333. The van der Waals surface area contributed by atoms with Gasteiger partial charge in [0.1, 0.15) is 5.75 Å². The van der Waals surface area contributed by atoms with Crippen LogP contribution < -0.4 is 9.64 Å². The zero-order chi connectivity index (χ0) is 20.6. The Labute approximate surface area is 174 Å². The molecule has 0 spiro atoms. The van der Waals surface area contributed by atoms with Crippen LogP contribution in [0.15, 0.2) is 53.5 Å². The third-order valence-corrected chi connectivity index (χ3v) is 8.44. The number of hydrogen-bond donors (Lipinski definition) is 0. The lowest BCUT2D eigenvalue weighted by atomic mass is 10.1. The molecule has 29 heavy (non-hydrogen) atoms. The van der Waals surface area contributed by atoms with E-state index in [-0.39, 0.29) is 29.4 Å². The molecule has 0 unspecified atom stereocenters. The minimum Gasteiger partial charge on any atom is -0.484 e. The molecule has 2 fully saturated rings. The minimum absolute atomic E-state index is 0.0752. The zero-order valence-electron chi connectivity index (χ0n) is 16.2. The Morgan fingerprint density at radius 1 is 1.14 bits per heavy atom. The summed E-state index contributed by atoms with van der Waals surface area (Å²) in [7, 11) is -3.09. The molecule has 152 valence electrons. The second-order valence-electron chi connectivity index (χ2n) is 7.28. The molecule has 2 aromatic rings. The number of fused-ring (bicyclic) bond motifs is 1. The normalized spacial score (nSPS) is 23.9. The summed E-state index contributed by atoms with van der Waals surface area (Å²) in [5.74, 6) is 0.396. The predicted molar refractivity (Wildman–Crippen MR) is 117 cm³/mol. The smallest absolute Gasteiger partial charge is 0.285 e. The van der Waals surface area contributed by atoms with Gasteiger partial charge in [0.05, 0.1) is 17.5 Å². The second kappa shape index (κ2) is 7.84. The van der Waals surface area contributed by atoms with Crippen LogP contribution in [0.1, 0.15) is 11.1 Å². The molecule has 8 heteroatoms. The molecule has 2 aliphatic heterocycles. The fourth-order valence-electron chi connectivity index (χ4n) is 3.64. The van der Waals surface area contributed by atoms with Crippen LogP contribution >= 0.6 is 11.8 Å². The Bertz CT molecular complexity index is 1070. The van der Waals surface area contributed by atoms with Gasteiger partial charge in [-0.1, -0.05) is 42.1 Å². The van der Waals surface area contributed by atoms with E-state index in [9.17, 15) is 13.2 Å². The Balaban J connectivity index is 1.62. The summed E-state index contributed by atoms with van der Waals surface area (Å²) in [6, 6.07) is 14.8. The molecule has 4 rings (SSSR count). The van der Waals surface area contributed by atoms with Crippen molar-refractivity contribution in [3.05, 3.63) is 59.7 Å². The number of carbonyl (C=O) groups is 1. The number of sulfone groups is 1. The maximum atomic E-state index is 12.5. The number of benzene rings is 2. The number of aliphatic imine (C=N–C) groups is 1. The molecule has 0 aromatic heterocycles. The van der Waals surface area contributed by atoms with Gasteiger partial charge < -0.3 is 9.64 Å². The monoisotopic (exact) mass is 430 g/mol. The van der Waals surface area contributed by atoms with Gasteiger partial charge in [-0.15, -0.1) is 0 Å². The highest BCUT2D eigenvalue weighted by atomic mass is 32.2. The van der Waals surface area contributed by atoms with Gasteiger partial charge in [0, 0.05) is 10.9 Å². The lowest BCUT2D eigenvalue weighted by Gasteiger charge is -2.26. The highest BCUT2D eigenvalue weighted by molar-refractivity contribution is 8.16. The summed E-state index contributed by atoms with van der Waals surface area (Å²) in [4.78, 5) is 18.7. The summed E-state index contributed by atoms with van der Waals surface area (Å²) >= 11 is 1.37. The molecule has 0 radical (unpaired) electrons. The summed E-state index contributed by atoms with van der Waals surface area (Å²) in [5, 5.41) is 0.423. The maximum Gasteiger partial charge on any atom is 0.285 e. The van der Waals surface area contributed by atoms with Crippen LogP contribution in [0.4, 0.5) is 5.69 Å². The molecule has 0 aliphatic carbocycles. The SMILES string of the molecule is Cc1cccc(N2C(=NC(=O)COc3ccccc3)S[C@H]3CS(=O)(=O)C[C@@H]32)c1C. The number of nitrogens with zero attached hydrogens (tertiary/aromatic N) is 2. The van der Waals surface area contributed by atoms with E-state index in [1.54, 1.807) is 12.1 Å². The topological polar surface area (TPSA) is 76.0 Å². The summed E-state index contributed by atoms with van der Waals surface area (Å²) in [6.07, 6.45) is 0. The van der Waals surface area contributed by atoms with E-state index in [2.05, 4.69) is 4.99 Å². The number of amides is 1. The Morgan fingerprint density at radius 3 is 2.66 bits per heavy atom. The van der Waals surface area contributed by atoms with Crippen molar-refractivity contribution < 1.29 is 17.9 Å². The maximum absolute atomic E-state index is 12.5. The van der Waals surface area contributed by atoms with E-state index in [0.717, 1.165) is 16.8 Å². The molecular weight excluding hydrogens is 408 g/mol. The van der Waals surface area contributed by atoms with E-state index in [1.807, 2.05) is 55.1 Å². The van der Waals surface area contributed by atoms with Crippen molar-refractivity contribution in [1.82, 2.24) is 0 Å². The number of rotatable bonds is 4. The van der Waals surface area contributed by atoms with E-state index >= 15 is 0 Å². The fourth-order valence-corrected chi connectivity index (χ4v) is 7.57. The number of carbonyl (C=O) groups excluding carboxylic acids is 1. The number of ether oxygens (including phenoxy) is 1.